The zero-order valence-corrected chi connectivity index (χ0v) is 14.3. The van der Waals surface area contributed by atoms with E-state index in [1.54, 1.807) is 29.8 Å². The molecule has 2 aromatic rings. The van der Waals surface area contributed by atoms with Crippen molar-refractivity contribution in [2.24, 2.45) is 7.05 Å². The van der Waals surface area contributed by atoms with Gasteiger partial charge in [-0.25, -0.2) is 8.78 Å². The summed E-state index contributed by atoms with van der Waals surface area (Å²) in [5, 5.41) is 8.31. The first-order chi connectivity index (χ1) is 11.5. The third kappa shape index (κ3) is 3.15. The van der Waals surface area contributed by atoms with Crippen molar-refractivity contribution in [1.82, 2.24) is 19.7 Å². The zero-order chi connectivity index (χ0) is 17.3. The smallest absolute Gasteiger partial charge is 0.233 e. The molecule has 1 amide bonds. The number of thioether (sulfide) groups is 1. The number of hydrogen-bond donors (Lipinski definition) is 0. The van der Waals surface area contributed by atoms with Crippen LogP contribution in [0.15, 0.2) is 23.6 Å². The average Bonchev–Trinajstić information content (AvgIpc) is 3.18. The molecule has 1 aromatic carbocycles. The number of hydrogen-bond acceptors (Lipinski definition) is 4. The van der Waals surface area contributed by atoms with Gasteiger partial charge in [0.1, 0.15) is 18.0 Å². The number of carbonyl (C=O) groups excluding carboxylic acids is 1. The lowest BCUT2D eigenvalue weighted by Crippen LogP contribution is -2.33. The van der Waals surface area contributed by atoms with Crippen molar-refractivity contribution in [3.63, 3.8) is 0 Å². The van der Waals surface area contributed by atoms with Gasteiger partial charge in [0.2, 0.25) is 5.91 Å². The molecule has 1 fully saturated rings. The summed E-state index contributed by atoms with van der Waals surface area (Å²) in [5.74, 6) is -1.13. The minimum atomic E-state index is -0.594. The zero-order valence-electron chi connectivity index (χ0n) is 13.5. The van der Waals surface area contributed by atoms with E-state index in [0.717, 1.165) is 6.42 Å². The molecule has 0 N–H and O–H groups in total. The molecular formula is C16H18F2N4OS. The lowest BCUT2D eigenvalue weighted by Gasteiger charge is -2.26. The van der Waals surface area contributed by atoms with Gasteiger partial charge in [0, 0.05) is 19.2 Å². The SMILES string of the molecule is Cc1ccc(F)c(C2CCCN2C(=O)CSc2nncn2C)c1F. The highest BCUT2D eigenvalue weighted by Gasteiger charge is 2.34. The fourth-order valence-electron chi connectivity index (χ4n) is 2.96. The molecule has 0 radical (unpaired) electrons. The Kier molecular flexibility index (Phi) is 4.84. The fourth-order valence-corrected chi connectivity index (χ4v) is 3.74. The summed E-state index contributed by atoms with van der Waals surface area (Å²) >= 11 is 1.27. The van der Waals surface area contributed by atoms with Crippen LogP contribution >= 0.6 is 11.8 Å². The fraction of sp³-hybridized carbons (Fsp3) is 0.438. The maximum atomic E-state index is 14.4. The molecule has 5 nitrogen and oxygen atoms in total. The summed E-state index contributed by atoms with van der Waals surface area (Å²) in [6, 6.07) is 2.14. The topological polar surface area (TPSA) is 51.0 Å². The van der Waals surface area contributed by atoms with Crippen LogP contribution in [0, 0.1) is 18.6 Å². The Morgan fingerprint density at radius 3 is 2.92 bits per heavy atom. The standard InChI is InChI=1S/C16H18F2N4OS/c1-10-5-6-11(17)14(15(10)18)12-4-3-7-22(12)13(23)8-24-16-20-19-9-21(16)2/h5-6,9,12H,3-4,7-8H2,1-2H3. The largest absolute Gasteiger partial charge is 0.335 e. The predicted molar refractivity (Wildman–Crippen MR) is 86.5 cm³/mol. The Morgan fingerprint density at radius 1 is 1.42 bits per heavy atom. The highest BCUT2D eigenvalue weighted by atomic mass is 32.2. The number of nitrogens with zero attached hydrogens (tertiary/aromatic N) is 4. The molecule has 1 aromatic heterocycles. The van der Waals surface area contributed by atoms with Crippen LogP contribution in [-0.4, -0.2) is 37.9 Å². The van der Waals surface area contributed by atoms with Crippen LogP contribution < -0.4 is 0 Å². The molecular weight excluding hydrogens is 334 g/mol. The first kappa shape index (κ1) is 16.9. The number of halogens is 2. The van der Waals surface area contributed by atoms with Crippen molar-refractivity contribution in [3.05, 3.63) is 41.2 Å². The van der Waals surface area contributed by atoms with Crippen molar-refractivity contribution >= 4 is 17.7 Å². The van der Waals surface area contributed by atoms with E-state index in [0.29, 0.717) is 23.7 Å². The van der Waals surface area contributed by atoms with E-state index < -0.39 is 17.7 Å². The maximum absolute atomic E-state index is 14.4. The van der Waals surface area contributed by atoms with Gasteiger partial charge in [0.15, 0.2) is 5.16 Å². The average molecular weight is 352 g/mol. The van der Waals surface area contributed by atoms with Gasteiger partial charge in [-0.1, -0.05) is 17.8 Å². The van der Waals surface area contributed by atoms with E-state index in [4.69, 9.17) is 0 Å². The van der Waals surface area contributed by atoms with E-state index in [2.05, 4.69) is 10.2 Å². The molecule has 1 atom stereocenters. The van der Waals surface area contributed by atoms with Crippen molar-refractivity contribution in [2.45, 2.75) is 31.0 Å². The minimum Gasteiger partial charge on any atom is -0.335 e. The van der Waals surface area contributed by atoms with Gasteiger partial charge >= 0.3 is 0 Å². The van der Waals surface area contributed by atoms with Crippen LogP contribution in [0.5, 0.6) is 0 Å². The number of likely N-dealkylation sites (tertiary alicyclic amines) is 1. The molecule has 128 valence electrons. The third-order valence-electron chi connectivity index (χ3n) is 4.22. The van der Waals surface area contributed by atoms with Gasteiger partial charge in [-0.15, -0.1) is 10.2 Å². The summed E-state index contributed by atoms with van der Waals surface area (Å²) in [4.78, 5) is 14.1. The first-order valence-corrected chi connectivity index (χ1v) is 8.68. The number of carbonyl (C=O) groups is 1. The summed E-state index contributed by atoms with van der Waals surface area (Å²) in [5.41, 5.74) is 0.392. The number of benzene rings is 1. The number of aryl methyl sites for hydroxylation is 2. The van der Waals surface area contributed by atoms with Crippen molar-refractivity contribution < 1.29 is 13.6 Å². The van der Waals surface area contributed by atoms with E-state index in [9.17, 15) is 13.6 Å². The molecule has 1 aliphatic rings. The quantitative estimate of drug-likeness (QED) is 0.794. The molecule has 0 bridgehead atoms. The van der Waals surface area contributed by atoms with E-state index in [1.165, 1.54) is 23.9 Å². The Hall–Kier alpha value is -1.96. The second-order valence-corrected chi connectivity index (χ2v) is 6.79. The molecule has 8 heteroatoms. The molecule has 3 rings (SSSR count). The van der Waals surface area contributed by atoms with Gasteiger partial charge in [-0.2, -0.15) is 0 Å². The lowest BCUT2D eigenvalue weighted by molar-refractivity contribution is -0.129. The number of rotatable bonds is 4. The second-order valence-electron chi connectivity index (χ2n) is 5.85. The molecule has 0 spiro atoms. The molecule has 1 aliphatic heterocycles. The van der Waals surface area contributed by atoms with Crippen LogP contribution in [0.4, 0.5) is 8.78 Å². The Bertz CT molecular complexity index is 765. The Labute approximate surface area is 143 Å². The lowest BCUT2D eigenvalue weighted by atomic mass is 10.0. The Balaban J connectivity index is 1.77. The first-order valence-electron chi connectivity index (χ1n) is 7.69. The van der Waals surface area contributed by atoms with Crippen LogP contribution in [0.3, 0.4) is 0 Å². The highest BCUT2D eigenvalue weighted by molar-refractivity contribution is 7.99. The van der Waals surface area contributed by atoms with Crippen LogP contribution in [-0.2, 0) is 11.8 Å². The molecule has 0 aliphatic carbocycles. The van der Waals surface area contributed by atoms with Gasteiger partial charge in [0.25, 0.3) is 0 Å². The number of amides is 1. The molecule has 24 heavy (non-hydrogen) atoms. The number of aromatic nitrogens is 3. The summed E-state index contributed by atoms with van der Waals surface area (Å²) < 4.78 is 30.3. The van der Waals surface area contributed by atoms with Gasteiger partial charge in [0.05, 0.1) is 11.8 Å². The molecule has 1 unspecified atom stereocenters. The molecule has 1 saturated heterocycles. The van der Waals surface area contributed by atoms with Gasteiger partial charge in [-0.05, 0) is 31.4 Å². The monoisotopic (exact) mass is 352 g/mol. The molecule has 2 heterocycles. The van der Waals surface area contributed by atoms with Crippen LogP contribution in [0.25, 0.3) is 0 Å². The van der Waals surface area contributed by atoms with Gasteiger partial charge in [-0.3, -0.25) is 4.79 Å². The van der Waals surface area contributed by atoms with Crippen molar-refractivity contribution in [3.8, 4) is 0 Å². The summed E-state index contributed by atoms with van der Waals surface area (Å²) in [7, 11) is 1.79. The van der Waals surface area contributed by atoms with Crippen LogP contribution in [0.1, 0.15) is 30.0 Å². The normalized spacial score (nSPS) is 17.5. The third-order valence-corrected chi connectivity index (χ3v) is 5.24. The van der Waals surface area contributed by atoms with Gasteiger partial charge < -0.3 is 9.47 Å². The van der Waals surface area contributed by atoms with E-state index in [-0.39, 0.29) is 17.2 Å². The van der Waals surface area contributed by atoms with E-state index in [1.807, 2.05) is 0 Å². The highest BCUT2D eigenvalue weighted by Crippen LogP contribution is 2.36. The van der Waals surface area contributed by atoms with Crippen molar-refractivity contribution in [2.75, 3.05) is 12.3 Å². The van der Waals surface area contributed by atoms with Crippen molar-refractivity contribution in [1.29, 1.82) is 0 Å². The second kappa shape index (κ2) is 6.88. The van der Waals surface area contributed by atoms with Crippen LogP contribution in [0.2, 0.25) is 0 Å². The summed E-state index contributed by atoms with van der Waals surface area (Å²) in [6.07, 6.45) is 2.86. The van der Waals surface area contributed by atoms with E-state index >= 15 is 0 Å². The minimum absolute atomic E-state index is 0.00417. The predicted octanol–water partition coefficient (Wildman–Crippen LogP) is 2.86. The maximum Gasteiger partial charge on any atom is 0.233 e. The Morgan fingerprint density at radius 2 is 2.21 bits per heavy atom. The summed E-state index contributed by atoms with van der Waals surface area (Å²) in [6.45, 7) is 2.11. The molecule has 0 saturated carbocycles.